The number of hydrazine groups is 1. The first-order valence-electron chi connectivity index (χ1n) is 11.5. The Balaban J connectivity index is 1.48. The van der Waals surface area contributed by atoms with Crippen molar-refractivity contribution < 1.29 is 23.9 Å². The number of carbonyl (C=O) groups excluding carboxylic acids is 3. The molecular weight excluding hydrogens is 458 g/mol. The van der Waals surface area contributed by atoms with Crippen LogP contribution in [0.3, 0.4) is 0 Å². The molecular formula is C28H31N3O5. The van der Waals surface area contributed by atoms with Crippen molar-refractivity contribution in [3.8, 4) is 11.5 Å². The number of benzene rings is 3. The molecule has 8 nitrogen and oxygen atoms in total. The van der Waals surface area contributed by atoms with Gasteiger partial charge in [0.2, 0.25) is 0 Å². The Morgan fingerprint density at radius 2 is 1.39 bits per heavy atom. The number of aryl methyl sites for hydroxylation is 1. The van der Waals surface area contributed by atoms with Crippen LogP contribution in [-0.4, -0.2) is 31.4 Å². The third-order valence-corrected chi connectivity index (χ3v) is 5.41. The van der Waals surface area contributed by atoms with Gasteiger partial charge < -0.3 is 14.8 Å². The molecule has 3 aromatic carbocycles. The number of nitrogens with one attached hydrogen (secondary N) is 3. The molecule has 0 aliphatic heterocycles. The van der Waals surface area contributed by atoms with Crippen LogP contribution in [0.2, 0.25) is 0 Å². The van der Waals surface area contributed by atoms with E-state index >= 15 is 0 Å². The molecule has 0 spiro atoms. The minimum absolute atomic E-state index is 0.00649. The predicted molar refractivity (Wildman–Crippen MR) is 138 cm³/mol. The topological polar surface area (TPSA) is 106 Å². The Labute approximate surface area is 211 Å². The second-order valence-corrected chi connectivity index (χ2v) is 9.30. The average Bonchev–Trinajstić information content (AvgIpc) is 2.86. The van der Waals surface area contributed by atoms with E-state index in [-0.39, 0.29) is 17.9 Å². The van der Waals surface area contributed by atoms with Crippen LogP contribution >= 0.6 is 0 Å². The molecule has 0 bridgehead atoms. The molecule has 3 rings (SSSR count). The van der Waals surface area contributed by atoms with E-state index < -0.39 is 11.8 Å². The van der Waals surface area contributed by atoms with Crippen LogP contribution in [0.25, 0.3) is 0 Å². The summed E-state index contributed by atoms with van der Waals surface area (Å²) in [6, 6.07) is 19.1. The van der Waals surface area contributed by atoms with Gasteiger partial charge in [-0.1, -0.05) is 39.0 Å². The van der Waals surface area contributed by atoms with Gasteiger partial charge >= 0.3 is 0 Å². The summed E-state index contributed by atoms with van der Waals surface area (Å²) in [6.45, 7) is 7.95. The Morgan fingerprint density at radius 3 is 2.00 bits per heavy atom. The van der Waals surface area contributed by atoms with Crippen LogP contribution in [0.1, 0.15) is 52.6 Å². The van der Waals surface area contributed by atoms with E-state index in [1.54, 1.807) is 48.5 Å². The van der Waals surface area contributed by atoms with Crippen molar-refractivity contribution in [2.24, 2.45) is 0 Å². The highest BCUT2D eigenvalue weighted by atomic mass is 16.5. The van der Waals surface area contributed by atoms with Crippen LogP contribution < -0.4 is 25.6 Å². The number of hydrogen-bond acceptors (Lipinski definition) is 5. The number of carbonyl (C=O) groups is 3. The summed E-state index contributed by atoms with van der Waals surface area (Å²) in [5.74, 6) is -0.349. The molecule has 3 N–H and O–H groups in total. The lowest BCUT2D eigenvalue weighted by atomic mass is 9.87. The fourth-order valence-corrected chi connectivity index (χ4v) is 3.30. The first kappa shape index (κ1) is 26.3. The fraction of sp³-hybridized carbons (Fsp3) is 0.250. The molecule has 36 heavy (non-hydrogen) atoms. The molecule has 8 heteroatoms. The molecule has 0 aromatic heterocycles. The number of anilines is 1. The summed E-state index contributed by atoms with van der Waals surface area (Å²) >= 11 is 0. The normalized spacial score (nSPS) is 10.8. The fourth-order valence-electron chi connectivity index (χ4n) is 3.30. The molecule has 3 aromatic rings. The quantitative estimate of drug-likeness (QED) is 0.427. The predicted octanol–water partition coefficient (Wildman–Crippen LogP) is 4.39. The number of methoxy groups -OCH3 is 1. The van der Waals surface area contributed by atoms with Crippen molar-refractivity contribution in [3.05, 3.63) is 89.0 Å². The highest BCUT2D eigenvalue weighted by molar-refractivity contribution is 6.04. The van der Waals surface area contributed by atoms with Gasteiger partial charge in [0.15, 0.2) is 18.1 Å². The average molecular weight is 490 g/mol. The molecule has 0 aliphatic rings. The van der Waals surface area contributed by atoms with E-state index in [1.807, 2.05) is 25.1 Å². The van der Waals surface area contributed by atoms with Crippen molar-refractivity contribution in [3.63, 3.8) is 0 Å². The van der Waals surface area contributed by atoms with E-state index in [1.165, 1.54) is 7.11 Å². The van der Waals surface area contributed by atoms with E-state index in [9.17, 15) is 14.4 Å². The van der Waals surface area contributed by atoms with E-state index in [4.69, 9.17) is 9.47 Å². The monoisotopic (exact) mass is 489 g/mol. The van der Waals surface area contributed by atoms with Crippen LogP contribution in [-0.2, 0) is 10.2 Å². The van der Waals surface area contributed by atoms with E-state index in [2.05, 4.69) is 36.9 Å². The maximum Gasteiger partial charge on any atom is 0.276 e. The molecule has 3 amide bonds. The molecule has 0 saturated carbocycles. The molecule has 0 saturated heterocycles. The largest absolute Gasteiger partial charge is 0.493 e. The number of rotatable bonds is 7. The van der Waals surface area contributed by atoms with Crippen molar-refractivity contribution in [1.29, 1.82) is 0 Å². The highest BCUT2D eigenvalue weighted by Crippen LogP contribution is 2.27. The molecule has 0 unspecified atom stereocenters. The Bertz CT molecular complexity index is 1230. The van der Waals surface area contributed by atoms with Crippen LogP contribution in [0.4, 0.5) is 5.69 Å². The molecule has 0 heterocycles. The highest BCUT2D eigenvalue weighted by Gasteiger charge is 2.15. The smallest absolute Gasteiger partial charge is 0.276 e. The van der Waals surface area contributed by atoms with Gasteiger partial charge in [-0.25, -0.2) is 0 Å². The number of amides is 3. The first-order chi connectivity index (χ1) is 17.1. The summed E-state index contributed by atoms with van der Waals surface area (Å²) in [4.78, 5) is 37.0. The van der Waals surface area contributed by atoms with Crippen molar-refractivity contribution >= 4 is 23.4 Å². The van der Waals surface area contributed by atoms with Crippen LogP contribution in [0.15, 0.2) is 66.7 Å². The maximum absolute atomic E-state index is 12.5. The minimum atomic E-state index is -0.535. The molecule has 0 radical (unpaired) electrons. The lowest BCUT2D eigenvalue weighted by Gasteiger charge is -2.19. The zero-order chi connectivity index (χ0) is 26.3. The lowest BCUT2D eigenvalue weighted by Crippen LogP contribution is -2.43. The SMILES string of the molecule is COc1cc(C)ccc1OCC(=O)NNC(=O)c1ccc(NC(=O)c2ccc(C(C)(C)C)cc2)cc1. The van der Waals surface area contributed by atoms with Gasteiger partial charge in [-0.2, -0.15) is 0 Å². The van der Waals surface area contributed by atoms with Crippen LogP contribution in [0, 0.1) is 6.92 Å². The first-order valence-corrected chi connectivity index (χ1v) is 11.5. The van der Waals surface area contributed by atoms with Crippen molar-refractivity contribution in [2.75, 3.05) is 19.0 Å². The molecule has 0 fully saturated rings. The third-order valence-electron chi connectivity index (χ3n) is 5.41. The summed E-state index contributed by atoms with van der Waals surface area (Å²) in [6.07, 6.45) is 0. The summed E-state index contributed by atoms with van der Waals surface area (Å²) in [5, 5.41) is 2.81. The molecule has 188 valence electrons. The van der Waals surface area contributed by atoms with Gasteiger partial charge in [0.05, 0.1) is 7.11 Å². The zero-order valence-corrected chi connectivity index (χ0v) is 21.1. The van der Waals surface area contributed by atoms with Crippen LogP contribution in [0.5, 0.6) is 11.5 Å². The Kier molecular flexibility index (Phi) is 8.32. The molecule has 0 atom stereocenters. The number of hydrogen-bond donors (Lipinski definition) is 3. The van der Waals surface area contributed by atoms with Gasteiger partial charge in [0.25, 0.3) is 17.7 Å². The standard InChI is InChI=1S/C28H31N3O5/c1-18-6-15-23(24(16-18)35-5)36-17-25(32)30-31-27(34)20-9-13-22(14-10-20)29-26(33)19-7-11-21(12-8-19)28(2,3)4/h6-16H,17H2,1-5H3,(H,29,33)(H,30,32)(H,31,34). The summed E-state index contributed by atoms with van der Waals surface area (Å²) in [7, 11) is 1.52. The zero-order valence-electron chi connectivity index (χ0n) is 21.1. The lowest BCUT2D eigenvalue weighted by molar-refractivity contribution is -0.123. The Morgan fingerprint density at radius 1 is 0.778 bits per heavy atom. The molecule has 0 aliphatic carbocycles. The maximum atomic E-state index is 12.5. The van der Waals surface area contributed by atoms with Crippen molar-refractivity contribution in [2.45, 2.75) is 33.1 Å². The third kappa shape index (κ3) is 7.09. The summed E-state index contributed by atoms with van der Waals surface area (Å²) < 4.78 is 10.7. The Hall–Kier alpha value is -4.33. The van der Waals surface area contributed by atoms with Gasteiger partial charge in [0, 0.05) is 16.8 Å². The van der Waals surface area contributed by atoms with Gasteiger partial charge in [0.1, 0.15) is 0 Å². The van der Waals surface area contributed by atoms with Gasteiger partial charge in [-0.3, -0.25) is 25.2 Å². The van der Waals surface area contributed by atoms with E-state index in [0.29, 0.717) is 28.3 Å². The van der Waals surface area contributed by atoms with E-state index in [0.717, 1.165) is 11.1 Å². The second kappa shape index (κ2) is 11.4. The minimum Gasteiger partial charge on any atom is -0.493 e. The van der Waals surface area contributed by atoms with Gasteiger partial charge in [-0.05, 0) is 72.0 Å². The summed E-state index contributed by atoms with van der Waals surface area (Å²) in [5.41, 5.74) is 8.18. The second-order valence-electron chi connectivity index (χ2n) is 9.30. The van der Waals surface area contributed by atoms with Crippen molar-refractivity contribution in [1.82, 2.24) is 10.9 Å². The number of ether oxygens (including phenoxy) is 2. The van der Waals surface area contributed by atoms with Gasteiger partial charge in [-0.15, -0.1) is 0 Å².